The molecule has 1 amide bonds. The van der Waals surface area contributed by atoms with E-state index in [0.29, 0.717) is 22.7 Å². The molecular formula is C17H17ClN2O3S. The van der Waals surface area contributed by atoms with Gasteiger partial charge in [-0.3, -0.25) is 4.79 Å². The standard InChI is InChI=1S/C17H17ClN2O3S/c1-11-15-10-14(5-6-16(15)20-17(11)21)24(22,23)19-8-7-12-3-2-4-13(18)9-12/h2-6,9-11,19H,7-8H2,1H3,(H,20,21)/t11-/m0/s1. The fourth-order valence-electron chi connectivity index (χ4n) is 2.67. The number of rotatable bonds is 5. The molecular weight excluding hydrogens is 348 g/mol. The van der Waals surface area contributed by atoms with Gasteiger partial charge in [0.15, 0.2) is 0 Å². The Labute approximate surface area is 146 Å². The second kappa shape index (κ2) is 6.55. The molecule has 2 aromatic carbocycles. The van der Waals surface area contributed by atoms with Crippen LogP contribution in [-0.4, -0.2) is 20.9 Å². The summed E-state index contributed by atoms with van der Waals surface area (Å²) in [5.41, 5.74) is 2.34. The van der Waals surface area contributed by atoms with Crippen molar-refractivity contribution in [3.05, 3.63) is 58.6 Å². The van der Waals surface area contributed by atoms with E-state index in [-0.39, 0.29) is 23.3 Å². The van der Waals surface area contributed by atoms with Gasteiger partial charge < -0.3 is 5.32 Å². The highest BCUT2D eigenvalue weighted by Gasteiger charge is 2.28. The molecule has 1 atom stereocenters. The molecule has 7 heteroatoms. The molecule has 5 nitrogen and oxygen atoms in total. The fraction of sp³-hybridized carbons (Fsp3) is 0.235. The van der Waals surface area contributed by atoms with Crippen LogP contribution in [0.15, 0.2) is 47.4 Å². The van der Waals surface area contributed by atoms with Crippen molar-refractivity contribution in [2.24, 2.45) is 0 Å². The maximum atomic E-state index is 12.4. The van der Waals surface area contributed by atoms with Crippen LogP contribution in [0.4, 0.5) is 5.69 Å². The summed E-state index contributed by atoms with van der Waals surface area (Å²) in [6.07, 6.45) is 0.543. The van der Waals surface area contributed by atoms with Gasteiger partial charge in [-0.15, -0.1) is 0 Å². The lowest BCUT2D eigenvalue weighted by Crippen LogP contribution is -2.26. The van der Waals surface area contributed by atoms with E-state index in [1.54, 1.807) is 25.1 Å². The first-order valence-electron chi connectivity index (χ1n) is 7.56. The SMILES string of the molecule is C[C@@H]1C(=O)Nc2ccc(S(=O)(=O)NCCc3cccc(Cl)c3)cc21. The van der Waals surface area contributed by atoms with Crippen LogP contribution in [0.5, 0.6) is 0 Å². The van der Waals surface area contributed by atoms with Crippen molar-refractivity contribution in [1.29, 1.82) is 0 Å². The molecule has 0 radical (unpaired) electrons. The van der Waals surface area contributed by atoms with E-state index in [1.165, 1.54) is 6.07 Å². The Kier molecular flexibility index (Phi) is 4.62. The number of fused-ring (bicyclic) bond motifs is 1. The highest BCUT2D eigenvalue weighted by molar-refractivity contribution is 7.89. The van der Waals surface area contributed by atoms with Gasteiger partial charge in [0.25, 0.3) is 0 Å². The first-order chi connectivity index (χ1) is 11.4. The van der Waals surface area contributed by atoms with Crippen molar-refractivity contribution in [3.8, 4) is 0 Å². The Bertz CT molecular complexity index is 896. The number of halogens is 1. The lowest BCUT2D eigenvalue weighted by atomic mass is 10.0. The summed E-state index contributed by atoms with van der Waals surface area (Å²) in [6, 6.07) is 12.0. The lowest BCUT2D eigenvalue weighted by molar-refractivity contribution is -0.116. The van der Waals surface area contributed by atoms with E-state index in [0.717, 1.165) is 5.56 Å². The number of amides is 1. The molecule has 0 unspecified atom stereocenters. The van der Waals surface area contributed by atoms with Crippen LogP contribution >= 0.6 is 11.6 Å². The number of carbonyl (C=O) groups excluding carboxylic acids is 1. The van der Waals surface area contributed by atoms with Crippen molar-refractivity contribution < 1.29 is 13.2 Å². The van der Waals surface area contributed by atoms with Gasteiger partial charge in [0.1, 0.15) is 0 Å². The normalized spacial score (nSPS) is 16.8. The van der Waals surface area contributed by atoms with E-state index in [4.69, 9.17) is 11.6 Å². The Morgan fingerprint density at radius 2 is 2.00 bits per heavy atom. The maximum Gasteiger partial charge on any atom is 0.240 e. The van der Waals surface area contributed by atoms with Crippen LogP contribution in [0, 0.1) is 0 Å². The summed E-state index contributed by atoms with van der Waals surface area (Å²) in [6.45, 7) is 2.02. The summed E-state index contributed by atoms with van der Waals surface area (Å²) < 4.78 is 27.5. The molecule has 0 saturated heterocycles. The van der Waals surface area contributed by atoms with E-state index in [9.17, 15) is 13.2 Å². The minimum absolute atomic E-state index is 0.117. The predicted molar refractivity (Wildman–Crippen MR) is 93.8 cm³/mol. The van der Waals surface area contributed by atoms with E-state index < -0.39 is 10.0 Å². The van der Waals surface area contributed by atoms with Crippen molar-refractivity contribution in [1.82, 2.24) is 4.72 Å². The average molecular weight is 365 g/mol. The Balaban J connectivity index is 1.71. The van der Waals surface area contributed by atoms with Gasteiger partial charge >= 0.3 is 0 Å². The quantitative estimate of drug-likeness (QED) is 0.856. The van der Waals surface area contributed by atoms with Gasteiger partial charge in [0.05, 0.1) is 10.8 Å². The van der Waals surface area contributed by atoms with Crippen LogP contribution in [-0.2, 0) is 21.2 Å². The topological polar surface area (TPSA) is 75.3 Å². The predicted octanol–water partition coefficient (Wildman–Crippen LogP) is 2.92. The molecule has 1 aliphatic heterocycles. The average Bonchev–Trinajstić information content (AvgIpc) is 2.82. The van der Waals surface area contributed by atoms with Crippen LogP contribution in [0.3, 0.4) is 0 Å². The molecule has 126 valence electrons. The van der Waals surface area contributed by atoms with Gasteiger partial charge in [-0.1, -0.05) is 23.7 Å². The number of nitrogens with one attached hydrogen (secondary N) is 2. The molecule has 0 spiro atoms. The number of hydrogen-bond donors (Lipinski definition) is 2. The minimum atomic E-state index is -3.63. The zero-order chi connectivity index (χ0) is 17.3. The number of anilines is 1. The van der Waals surface area contributed by atoms with Crippen molar-refractivity contribution in [2.75, 3.05) is 11.9 Å². The second-order valence-electron chi connectivity index (χ2n) is 5.74. The van der Waals surface area contributed by atoms with Gasteiger partial charge in [-0.2, -0.15) is 0 Å². The molecule has 2 aromatic rings. The van der Waals surface area contributed by atoms with Crippen LogP contribution < -0.4 is 10.0 Å². The van der Waals surface area contributed by atoms with Gasteiger partial charge in [0.2, 0.25) is 15.9 Å². The lowest BCUT2D eigenvalue weighted by Gasteiger charge is -2.09. The Morgan fingerprint density at radius 1 is 1.21 bits per heavy atom. The summed E-state index contributed by atoms with van der Waals surface area (Å²) in [5, 5.41) is 3.35. The number of benzene rings is 2. The highest BCUT2D eigenvalue weighted by atomic mass is 35.5. The first-order valence-corrected chi connectivity index (χ1v) is 9.42. The van der Waals surface area contributed by atoms with Crippen molar-refractivity contribution in [2.45, 2.75) is 24.2 Å². The Hall–Kier alpha value is -1.89. The van der Waals surface area contributed by atoms with Crippen molar-refractivity contribution >= 4 is 33.2 Å². The van der Waals surface area contributed by atoms with Crippen LogP contribution in [0.1, 0.15) is 24.0 Å². The molecule has 0 saturated carbocycles. The second-order valence-corrected chi connectivity index (χ2v) is 7.94. The summed E-state index contributed by atoms with van der Waals surface area (Å²) in [5.74, 6) is -0.463. The van der Waals surface area contributed by atoms with E-state index in [1.807, 2.05) is 18.2 Å². The molecule has 1 heterocycles. The number of hydrogen-bond acceptors (Lipinski definition) is 3. The molecule has 0 aromatic heterocycles. The van der Waals surface area contributed by atoms with E-state index >= 15 is 0 Å². The summed E-state index contributed by atoms with van der Waals surface area (Å²) in [4.78, 5) is 11.8. The molecule has 0 fully saturated rings. The van der Waals surface area contributed by atoms with Gasteiger partial charge in [-0.05, 0) is 54.8 Å². The number of sulfonamides is 1. The third-order valence-corrected chi connectivity index (χ3v) is 5.74. The molecule has 0 aliphatic carbocycles. The van der Waals surface area contributed by atoms with Gasteiger partial charge in [-0.25, -0.2) is 13.1 Å². The third kappa shape index (κ3) is 3.45. The molecule has 2 N–H and O–H groups in total. The van der Waals surface area contributed by atoms with E-state index in [2.05, 4.69) is 10.0 Å². The highest BCUT2D eigenvalue weighted by Crippen LogP contribution is 2.33. The minimum Gasteiger partial charge on any atom is -0.325 e. The molecule has 24 heavy (non-hydrogen) atoms. The zero-order valence-electron chi connectivity index (χ0n) is 13.0. The largest absolute Gasteiger partial charge is 0.325 e. The molecule has 3 rings (SSSR count). The molecule has 1 aliphatic rings. The van der Waals surface area contributed by atoms with Crippen LogP contribution in [0.2, 0.25) is 5.02 Å². The Morgan fingerprint density at radius 3 is 2.75 bits per heavy atom. The van der Waals surface area contributed by atoms with Crippen LogP contribution in [0.25, 0.3) is 0 Å². The monoisotopic (exact) mass is 364 g/mol. The third-order valence-electron chi connectivity index (χ3n) is 4.05. The fourth-order valence-corrected chi connectivity index (χ4v) is 3.95. The smallest absolute Gasteiger partial charge is 0.240 e. The van der Waals surface area contributed by atoms with Gasteiger partial charge in [0, 0.05) is 17.3 Å². The summed E-state index contributed by atoms with van der Waals surface area (Å²) >= 11 is 5.92. The first kappa shape index (κ1) is 17.0. The maximum absolute atomic E-state index is 12.4. The summed E-state index contributed by atoms with van der Waals surface area (Å²) in [7, 11) is -3.63. The van der Waals surface area contributed by atoms with Crippen molar-refractivity contribution in [3.63, 3.8) is 0 Å². The zero-order valence-corrected chi connectivity index (χ0v) is 14.6. The molecule has 0 bridgehead atoms. The number of carbonyl (C=O) groups is 1.